The van der Waals surface area contributed by atoms with Crippen LogP contribution < -0.4 is 0 Å². The summed E-state index contributed by atoms with van der Waals surface area (Å²) in [5.74, 6) is 0.0837. The van der Waals surface area contributed by atoms with Gasteiger partial charge in [-0.15, -0.1) is 5.10 Å². The van der Waals surface area contributed by atoms with Crippen LogP contribution in [0.25, 0.3) is 5.69 Å². The Kier molecular flexibility index (Phi) is 6.11. The van der Waals surface area contributed by atoms with Crippen molar-refractivity contribution in [2.45, 2.75) is 24.7 Å². The first-order valence-corrected chi connectivity index (χ1v) is 11.8. The Morgan fingerprint density at radius 1 is 1.03 bits per heavy atom. The van der Waals surface area contributed by atoms with Crippen molar-refractivity contribution in [2.24, 2.45) is 5.92 Å². The molecule has 2 aromatic rings. The number of piperidine rings is 1. The average molecular weight is 434 g/mol. The fraction of sp³-hybridized carbons (Fsp3) is 0.579. The molecule has 30 heavy (non-hydrogen) atoms. The molecule has 0 saturated carbocycles. The lowest BCUT2D eigenvalue weighted by Crippen LogP contribution is -2.51. The molecule has 3 heterocycles. The van der Waals surface area contributed by atoms with E-state index in [-0.39, 0.29) is 16.7 Å². The van der Waals surface area contributed by atoms with E-state index < -0.39 is 10.0 Å². The third-order valence-corrected chi connectivity index (χ3v) is 7.94. The number of amides is 1. The van der Waals surface area contributed by atoms with Gasteiger partial charge in [-0.2, -0.15) is 4.31 Å². The lowest BCUT2D eigenvalue weighted by molar-refractivity contribution is -0.138. The van der Waals surface area contributed by atoms with E-state index in [0.29, 0.717) is 31.6 Å². The molecule has 162 valence electrons. The van der Waals surface area contributed by atoms with Crippen molar-refractivity contribution >= 4 is 15.9 Å². The van der Waals surface area contributed by atoms with Gasteiger partial charge in [0, 0.05) is 45.2 Å². The van der Waals surface area contributed by atoms with Crippen molar-refractivity contribution in [3.05, 3.63) is 30.6 Å². The highest BCUT2D eigenvalue weighted by Gasteiger charge is 2.34. The maximum atomic E-state index is 13.0. The maximum Gasteiger partial charge on any atom is 0.243 e. The van der Waals surface area contributed by atoms with Crippen LogP contribution in [0.3, 0.4) is 0 Å². The molecule has 2 aliphatic heterocycles. The highest BCUT2D eigenvalue weighted by atomic mass is 32.2. The van der Waals surface area contributed by atoms with Crippen LogP contribution in [-0.4, -0.2) is 94.5 Å². The molecule has 1 aromatic heterocycles. The number of sulfonamides is 1. The number of hydrogen-bond acceptors (Lipinski definition) is 7. The van der Waals surface area contributed by atoms with Crippen LogP contribution in [0.2, 0.25) is 0 Å². The molecule has 0 aliphatic carbocycles. The molecule has 0 unspecified atom stereocenters. The minimum absolute atomic E-state index is 0.0909. The van der Waals surface area contributed by atoms with Crippen LogP contribution in [0.4, 0.5) is 0 Å². The van der Waals surface area contributed by atoms with Gasteiger partial charge in [-0.25, -0.2) is 13.1 Å². The van der Waals surface area contributed by atoms with Crippen molar-refractivity contribution in [3.63, 3.8) is 0 Å². The summed E-state index contributed by atoms with van der Waals surface area (Å²) in [7, 11) is -3.59. The Balaban J connectivity index is 1.35. The molecule has 0 spiro atoms. The summed E-state index contributed by atoms with van der Waals surface area (Å²) in [4.78, 5) is 17.4. The van der Waals surface area contributed by atoms with E-state index in [2.05, 4.69) is 27.3 Å². The van der Waals surface area contributed by atoms with E-state index in [1.165, 1.54) is 15.3 Å². The van der Waals surface area contributed by atoms with Gasteiger partial charge in [0.15, 0.2) is 0 Å². The van der Waals surface area contributed by atoms with Gasteiger partial charge >= 0.3 is 0 Å². The van der Waals surface area contributed by atoms with Crippen LogP contribution in [0.5, 0.6) is 0 Å². The highest BCUT2D eigenvalue weighted by Crippen LogP contribution is 2.26. The minimum atomic E-state index is -3.59. The molecule has 2 aliphatic rings. The molecule has 0 N–H and O–H groups in total. The number of benzene rings is 1. The van der Waals surface area contributed by atoms with Crippen LogP contribution in [0.1, 0.15) is 19.8 Å². The van der Waals surface area contributed by atoms with Gasteiger partial charge in [-0.3, -0.25) is 4.79 Å². The predicted octanol–water partition coefficient (Wildman–Crippen LogP) is 0.227. The standard InChI is InChI=1S/C19H27N7O3S/c1-2-23-11-13-24(14-12-23)19(27)16-7-9-25(10-8-16)30(28,29)18-5-3-17(4-6-18)26-15-20-21-22-26/h3-6,15-16H,2,7-14H2,1H3. The topological polar surface area (TPSA) is 105 Å². The van der Waals surface area contributed by atoms with E-state index in [4.69, 9.17) is 0 Å². The summed E-state index contributed by atoms with van der Waals surface area (Å²) in [5.41, 5.74) is 0.687. The summed E-state index contributed by atoms with van der Waals surface area (Å²) in [5, 5.41) is 11.0. The van der Waals surface area contributed by atoms with Gasteiger partial charge in [-0.05, 0) is 54.1 Å². The maximum absolute atomic E-state index is 13.0. The molecular formula is C19H27N7O3S. The number of tetrazole rings is 1. The van der Waals surface area contributed by atoms with Crippen LogP contribution in [0.15, 0.2) is 35.5 Å². The fourth-order valence-corrected chi connectivity index (χ4v) is 5.55. The first kappa shape index (κ1) is 20.9. The van der Waals surface area contributed by atoms with Crippen LogP contribution in [-0.2, 0) is 14.8 Å². The molecule has 2 saturated heterocycles. The van der Waals surface area contributed by atoms with Crippen molar-refractivity contribution in [2.75, 3.05) is 45.8 Å². The molecule has 0 atom stereocenters. The van der Waals surface area contributed by atoms with E-state index in [0.717, 1.165) is 32.7 Å². The minimum Gasteiger partial charge on any atom is -0.340 e. The van der Waals surface area contributed by atoms with Gasteiger partial charge in [0.05, 0.1) is 10.6 Å². The lowest BCUT2D eigenvalue weighted by Gasteiger charge is -2.38. The monoisotopic (exact) mass is 433 g/mol. The summed E-state index contributed by atoms with van der Waals surface area (Å²) >= 11 is 0. The van der Waals surface area contributed by atoms with E-state index in [9.17, 15) is 13.2 Å². The molecule has 10 nitrogen and oxygen atoms in total. The van der Waals surface area contributed by atoms with Gasteiger partial charge in [-0.1, -0.05) is 6.92 Å². The smallest absolute Gasteiger partial charge is 0.243 e. The number of rotatable bonds is 5. The quantitative estimate of drug-likeness (QED) is 0.665. The SMILES string of the molecule is CCN1CCN(C(=O)C2CCN(S(=O)(=O)c3ccc(-n4cnnn4)cc3)CC2)CC1. The Morgan fingerprint density at radius 3 is 2.27 bits per heavy atom. The van der Waals surface area contributed by atoms with Crippen molar-refractivity contribution in [1.29, 1.82) is 0 Å². The van der Waals surface area contributed by atoms with E-state index in [1.54, 1.807) is 24.3 Å². The number of piperazine rings is 1. The fourth-order valence-electron chi connectivity index (χ4n) is 4.09. The highest BCUT2D eigenvalue weighted by molar-refractivity contribution is 7.89. The molecule has 0 radical (unpaired) electrons. The number of nitrogens with zero attached hydrogens (tertiary/aromatic N) is 7. The Morgan fingerprint density at radius 2 is 1.70 bits per heavy atom. The van der Waals surface area contributed by atoms with Gasteiger partial charge in [0.25, 0.3) is 0 Å². The number of carbonyl (C=O) groups excluding carboxylic acids is 1. The normalized spacial score (nSPS) is 19.8. The van der Waals surface area contributed by atoms with Crippen molar-refractivity contribution in [3.8, 4) is 5.69 Å². The average Bonchev–Trinajstić information content (AvgIpc) is 3.34. The van der Waals surface area contributed by atoms with E-state index >= 15 is 0 Å². The van der Waals surface area contributed by atoms with Crippen LogP contribution in [0, 0.1) is 5.92 Å². The van der Waals surface area contributed by atoms with Crippen molar-refractivity contribution in [1.82, 2.24) is 34.3 Å². The first-order chi connectivity index (χ1) is 14.5. The third kappa shape index (κ3) is 4.23. The Bertz CT molecular complexity index is 947. The molecule has 2 fully saturated rings. The number of carbonyl (C=O) groups is 1. The first-order valence-electron chi connectivity index (χ1n) is 10.3. The van der Waals surface area contributed by atoms with Crippen LogP contribution >= 0.6 is 0 Å². The summed E-state index contributed by atoms with van der Waals surface area (Å²) in [6, 6.07) is 6.48. The molecule has 0 bridgehead atoms. The summed E-state index contributed by atoms with van der Waals surface area (Å²) < 4.78 is 29.0. The second-order valence-corrected chi connectivity index (χ2v) is 9.62. The summed E-state index contributed by atoms with van der Waals surface area (Å²) in [6.45, 7) is 7.22. The largest absolute Gasteiger partial charge is 0.340 e. The third-order valence-electron chi connectivity index (χ3n) is 6.02. The Hall–Kier alpha value is -2.37. The Labute approximate surface area is 176 Å². The van der Waals surface area contributed by atoms with Gasteiger partial charge < -0.3 is 9.80 Å². The molecule has 4 rings (SSSR count). The zero-order chi connectivity index (χ0) is 21.1. The van der Waals surface area contributed by atoms with E-state index in [1.807, 2.05) is 4.90 Å². The number of hydrogen-bond donors (Lipinski definition) is 0. The van der Waals surface area contributed by atoms with Gasteiger partial charge in [0.2, 0.25) is 15.9 Å². The zero-order valence-electron chi connectivity index (χ0n) is 17.1. The molecular weight excluding hydrogens is 406 g/mol. The second kappa shape index (κ2) is 8.78. The predicted molar refractivity (Wildman–Crippen MR) is 109 cm³/mol. The number of likely N-dealkylation sites (N-methyl/N-ethyl adjacent to an activating group) is 1. The van der Waals surface area contributed by atoms with Gasteiger partial charge in [0.1, 0.15) is 6.33 Å². The molecule has 1 amide bonds. The second-order valence-electron chi connectivity index (χ2n) is 7.69. The van der Waals surface area contributed by atoms with Crippen molar-refractivity contribution < 1.29 is 13.2 Å². The lowest BCUT2D eigenvalue weighted by atomic mass is 9.96. The number of aromatic nitrogens is 4. The molecule has 11 heteroatoms. The zero-order valence-corrected chi connectivity index (χ0v) is 17.9. The summed E-state index contributed by atoms with van der Waals surface area (Å²) in [6.07, 6.45) is 2.58. The molecule has 1 aromatic carbocycles.